The number of amides is 1. The van der Waals surface area contributed by atoms with Gasteiger partial charge in [-0.25, -0.2) is 4.39 Å². The number of nitrogen functional groups attached to an aromatic ring is 1. The van der Waals surface area contributed by atoms with Crippen molar-refractivity contribution in [2.24, 2.45) is 0 Å². The van der Waals surface area contributed by atoms with E-state index in [4.69, 9.17) is 11.0 Å². The van der Waals surface area contributed by atoms with Crippen LogP contribution in [0.5, 0.6) is 0 Å². The predicted molar refractivity (Wildman–Crippen MR) is 110 cm³/mol. The Hall–Kier alpha value is -2.22. The standard InChI is InChI=1S/C18H8BrF9IN3O/c19-11-5-9(15(20,17(24,25)26)18(27,28)29)4-10(16(21,22)23)13(11)32-14(33)7-1-2-8(6-30)12(31)3-7/h1-5H,31H2,(H,32,33). The maximum Gasteiger partial charge on any atom is 0.433 e. The lowest BCUT2D eigenvalue weighted by Crippen LogP contribution is -2.49. The van der Waals surface area contributed by atoms with Gasteiger partial charge in [0.25, 0.3) is 5.91 Å². The Bertz CT molecular complexity index is 1120. The number of hydrogen-bond donors (Lipinski definition) is 2. The summed E-state index contributed by atoms with van der Waals surface area (Å²) >= 11 is 2.34. The largest absolute Gasteiger partial charge is 0.433 e. The van der Waals surface area contributed by atoms with Gasteiger partial charge < -0.3 is 11.1 Å². The summed E-state index contributed by atoms with van der Waals surface area (Å²) in [5.41, 5.74) is -5.71. The lowest BCUT2D eigenvalue weighted by Gasteiger charge is -2.33. The molecule has 2 aromatic carbocycles. The van der Waals surface area contributed by atoms with Gasteiger partial charge in [0.15, 0.2) is 0 Å². The number of nitrogens with two attached hydrogens (primary N) is 1. The summed E-state index contributed by atoms with van der Waals surface area (Å²) in [5.74, 6) is -1.23. The average Bonchev–Trinajstić information content (AvgIpc) is 2.65. The highest BCUT2D eigenvalue weighted by Gasteiger charge is 2.71. The molecule has 2 aromatic rings. The van der Waals surface area contributed by atoms with Gasteiger partial charge >= 0.3 is 22.0 Å². The van der Waals surface area contributed by atoms with Crippen molar-refractivity contribution in [3.05, 3.63) is 57.1 Å². The van der Waals surface area contributed by atoms with Crippen molar-refractivity contribution >= 4 is 55.8 Å². The highest BCUT2D eigenvalue weighted by atomic mass is 127. The molecule has 178 valence electrons. The first-order chi connectivity index (χ1) is 14.8. The van der Waals surface area contributed by atoms with Gasteiger partial charge in [-0.05, 0) is 46.3 Å². The molecular formula is C18H8BrF9IN3O. The van der Waals surface area contributed by atoms with E-state index in [1.54, 1.807) is 11.4 Å². The third-order valence-electron chi connectivity index (χ3n) is 4.25. The minimum absolute atomic E-state index is 0.0424. The highest BCUT2D eigenvalue weighted by Crippen LogP contribution is 2.57. The Morgan fingerprint density at radius 2 is 1.61 bits per heavy atom. The van der Waals surface area contributed by atoms with Crippen LogP contribution >= 0.6 is 38.5 Å². The van der Waals surface area contributed by atoms with E-state index in [0.717, 1.165) is 18.2 Å². The Kier molecular flexibility index (Phi) is 7.25. The van der Waals surface area contributed by atoms with Crippen molar-refractivity contribution in [3.8, 4) is 6.07 Å². The Balaban J connectivity index is 2.68. The first kappa shape index (κ1) is 27.0. The van der Waals surface area contributed by atoms with Crippen molar-refractivity contribution < 1.29 is 44.3 Å². The number of rotatable bonds is 4. The third-order valence-corrected chi connectivity index (χ3v) is 5.62. The zero-order valence-electron chi connectivity index (χ0n) is 15.5. The molecule has 15 heteroatoms. The van der Waals surface area contributed by atoms with Crippen LogP contribution in [0, 0.1) is 11.3 Å². The number of halogens is 11. The topological polar surface area (TPSA) is 78.9 Å². The molecule has 2 rings (SSSR count). The van der Waals surface area contributed by atoms with Crippen LogP contribution in [0.1, 0.15) is 27.0 Å². The molecule has 0 saturated heterocycles. The average molecular weight is 660 g/mol. The van der Waals surface area contributed by atoms with Gasteiger partial charge in [0.1, 0.15) is 6.07 Å². The van der Waals surface area contributed by atoms with Crippen LogP contribution < -0.4 is 11.1 Å². The number of alkyl halides is 10. The SMILES string of the molecule is N#Cc1ccc(C(=O)Nc2c(Br)cc(C(F)(C(F)(F)F)C(F)(F)I)cc2C(F)(F)F)cc1N. The zero-order chi connectivity index (χ0) is 25.6. The number of benzene rings is 2. The first-order valence-electron chi connectivity index (χ1n) is 8.19. The van der Waals surface area contributed by atoms with Gasteiger partial charge in [-0.2, -0.15) is 40.4 Å². The summed E-state index contributed by atoms with van der Waals surface area (Å²) in [7, 11) is 0. The molecule has 0 aliphatic heterocycles. The molecule has 4 nitrogen and oxygen atoms in total. The molecule has 0 heterocycles. The molecule has 1 unspecified atom stereocenters. The fraction of sp³-hybridized carbons (Fsp3) is 0.222. The van der Waals surface area contributed by atoms with E-state index >= 15 is 0 Å². The smallest absolute Gasteiger partial charge is 0.398 e. The monoisotopic (exact) mass is 659 g/mol. The van der Waals surface area contributed by atoms with E-state index < -0.39 is 55.2 Å². The normalized spacial score (nSPS) is 14.4. The molecule has 0 bridgehead atoms. The van der Waals surface area contributed by atoms with E-state index in [1.807, 2.05) is 0 Å². The molecule has 0 aliphatic rings. The van der Waals surface area contributed by atoms with E-state index in [1.165, 1.54) is 0 Å². The predicted octanol–water partition coefficient (Wildman–Crippen LogP) is 6.93. The molecule has 0 radical (unpaired) electrons. The third kappa shape index (κ3) is 5.15. The minimum atomic E-state index is -6.29. The van der Waals surface area contributed by atoms with Crippen LogP contribution in [0.25, 0.3) is 0 Å². The first-order valence-corrected chi connectivity index (χ1v) is 10.1. The Morgan fingerprint density at radius 3 is 2.03 bits per heavy atom. The van der Waals surface area contributed by atoms with Crippen LogP contribution in [0.4, 0.5) is 50.9 Å². The number of carbonyl (C=O) groups is 1. The summed E-state index contributed by atoms with van der Waals surface area (Å²) in [6.07, 6.45) is -11.8. The minimum Gasteiger partial charge on any atom is -0.398 e. The molecule has 0 spiro atoms. The van der Waals surface area contributed by atoms with Crippen LogP contribution in [0.2, 0.25) is 0 Å². The van der Waals surface area contributed by atoms with Crippen molar-refractivity contribution in [3.63, 3.8) is 0 Å². The second-order valence-corrected chi connectivity index (χ2v) is 8.61. The number of nitriles is 1. The second-order valence-electron chi connectivity index (χ2n) is 6.40. The van der Waals surface area contributed by atoms with E-state index in [9.17, 15) is 44.3 Å². The molecule has 1 atom stereocenters. The van der Waals surface area contributed by atoms with Crippen LogP contribution in [-0.2, 0) is 11.8 Å². The summed E-state index contributed by atoms with van der Waals surface area (Å²) in [6.45, 7) is 0. The molecule has 0 saturated carbocycles. The van der Waals surface area contributed by atoms with Crippen molar-refractivity contribution in [2.45, 2.75) is 22.0 Å². The fourth-order valence-corrected chi connectivity index (χ4v) is 3.81. The second kappa shape index (κ2) is 8.85. The summed E-state index contributed by atoms with van der Waals surface area (Å²) in [5, 5.41) is 10.6. The lowest BCUT2D eigenvalue weighted by atomic mass is 9.92. The van der Waals surface area contributed by atoms with Crippen LogP contribution in [-0.4, -0.2) is 16.0 Å². The number of carbonyl (C=O) groups excluding carboxylic acids is 1. The van der Waals surface area contributed by atoms with Gasteiger partial charge in [0.2, 0.25) is 0 Å². The van der Waals surface area contributed by atoms with E-state index in [2.05, 4.69) is 15.9 Å². The number of anilines is 2. The molecule has 3 N–H and O–H groups in total. The van der Waals surface area contributed by atoms with E-state index in [-0.39, 0.29) is 45.5 Å². The zero-order valence-corrected chi connectivity index (χ0v) is 19.2. The van der Waals surface area contributed by atoms with Crippen LogP contribution in [0.3, 0.4) is 0 Å². The lowest BCUT2D eigenvalue weighted by molar-refractivity contribution is -0.279. The summed E-state index contributed by atoms with van der Waals surface area (Å²) < 4.78 is 116. The Morgan fingerprint density at radius 1 is 1.03 bits per heavy atom. The van der Waals surface area contributed by atoms with Gasteiger partial charge in [-0.1, -0.05) is 0 Å². The molecule has 33 heavy (non-hydrogen) atoms. The summed E-state index contributed by atoms with van der Waals surface area (Å²) in [4.78, 5) is 12.4. The fourth-order valence-electron chi connectivity index (χ4n) is 2.64. The van der Waals surface area contributed by atoms with E-state index in [0.29, 0.717) is 0 Å². The van der Waals surface area contributed by atoms with Gasteiger partial charge in [-0.15, -0.1) is 0 Å². The number of nitrogens with one attached hydrogen (secondary N) is 1. The Labute approximate surface area is 201 Å². The maximum absolute atomic E-state index is 14.7. The maximum atomic E-state index is 14.7. The number of hydrogen-bond acceptors (Lipinski definition) is 3. The molecule has 0 aromatic heterocycles. The van der Waals surface area contributed by atoms with Gasteiger partial charge in [-0.3, -0.25) is 4.79 Å². The molecule has 0 fully saturated rings. The molecule has 1 amide bonds. The quantitative estimate of drug-likeness (QED) is 0.162. The number of nitrogens with zero attached hydrogens (tertiary/aromatic N) is 1. The highest BCUT2D eigenvalue weighted by molar-refractivity contribution is 14.1. The van der Waals surface area contributed by atoms with Gasteiger partial charge in [0.05, 0.1) is 22.5 Å². The van der Waals surface area contributed by atoms with Crippen LogP contribution in [0.15, 0.2) is 34.8 Å². The molecular weight excluding hydrogens is 652 g/mol. The van der Waals surface area contributed by atoms with Crippen molar-refractivity contribution in [1.29, 1.82) is 5.26 Å². The van der Waals surface area contributed by atoms with Crippen molar-refractivity contribution in [1.82, 2.24) is 0 Å². The summed E-state index contributed by atoms with van der Waals surface area (Å²) in [6, 6.07) is 4.39. The van der Waals surface area contributed by atoms with Gasteiger partial charge in [0, 0.05) is 38.2 Å². The van der Waals surface area contributed by atoms with Crippen molar-refractivity contribution in [2.75, 3.05) is 11.1 Å². The molecule has 0 aliphatic carbocycles.